The van der Waals surface area contributed by atoms with Gasteiger partial charge in [-0.3, -0.25) is 4.79 Å². The van der Waals surface area contributed by atoms with Gasteiger partial charge in [0.05, 0.1) is 17.2 Å². The zero-order chi connectivity index (χ0) is 13.9. The van der Waals surface area contributed by atoms with Gasteiger partial charge in [0, 0.05) is 23.2 Å². The van der Waals surface area contributed by atoms with Gasteiger partial charge < -0.3 is 10.6 Å². The van der Waals surface area contributed by atoms with Crippen LogP contribution in [-0.4, -0.2) is 17.4 Å². The number of carbonyl (C=O) groups is 1. The lowest BCUT2D eigenvalue weighted by atomic mass is 10.0. The summed E-state index contributed by atoms with van der Waals surface area (Å²) in [6.45, 7) is 3.46. The molecule has 0 spiro atoms. The smallest absolute Gasteiger partial charge is 0.251 e. The Hall–Kier alpha value is -1.88. The lowest BCUT2D eigenvalue weighted by Crippen LogP contribution is -2.23. The van der Waals surface area contributed by atoms with Gasteiger partial charge in [0.2, 0.25) is 0 Å². The Balaban J connectivity index is 1.67. The van der Waals surface area contributed by atoms with Gasteiger partial charge >= 0.3 is 0 Å². The summed E-state index contributed by atoms with van der Waals surface area (Å²) < 4.78 is 0. The first kappa shape index (κ1) is 13.1. The molecule has 1 aliphatic rings. The summed E-state index contributed by atoms with van der Waals surface area (Å²) in [5.41, 5.74) is 4.02. The second-order valence-corrected chi connectivity index (χ2v) is 6.01. The minimum atomic E-state index is -0.0379. The van der Waals surface area contributed by atoms with Crippen molar-refractivity contribution in [2.24, 2.45) is 0 Å². The van der Waals surface area contributed by atoms with Crippen LogP contribution in [-0.2, 0) is 13.0 Å². The number of amides is 1. The van der Waals surface area contributed by atoms with E-state index >= 15 is 0 Å². The summed E-state index contributed by atoms with van der Waals surface area (Å²) >= 11 is 1.60. The van der Waals surface area contributed by atoms with Crippen molar-refractivity contribution in [3.63, 3.8) is 0 Å². The maximum absolute atomic E-state index is 12.2. The second-order valence-electron chi connectivity index (χ2n) is 4.94. The van der Waals surface area contributed by atoms with E-state index in [2.05, 4.69) is 15.6 Å². The molecule has 5 heteroatoms. The summed E-state index contributed by atoms with van der Waals surface area (Å²) in [4.78, 5) is 16.5. The maximum atomic E-state index is 12.2. The van der Waals surface area contributed by atoms with Crippen LogP contribution in [0, 0.1) is 6.92 Å². The fourth-order valence-electron chi connectivity index (χ4n) is 2.38. The summed E-state index contributed by atoms with van der Waals surface area (Å²) in [6.07, 6.45) is 2.16. The SMILES string of the molecule is Cc1nc(CNC(=O)c2ccc3c(c2)CCCN3)cs1. The molecular weight excluding hydrogens is 270 g/mol. The van der Waals surface area contributed by atoms with Gasteiger partial charge in [-0.15, -0.1) is 11.3 Å². The van der Waals surface area contributed by atoms with Gasteiger partial charge in [0.1, 0.15) is 0 Å². The third-order valence-electron chi connectivity index (χ3n) is 3.40. The molecule has 1 aromatic carbocycles. The Kier molecular flexibility index (Phi) is 3.69. The molecule has 0 unspecified atom stereocenters. The number of hydrogen-bond donors (Lipinski definition) is 2. The van der Waals surface area contributed by atoms with Crippen LogP contribution in [0.25, 0.3) is 0 Å². The van der Waals surface area contributed by atoms with E-state index in [0.717, 1.165) is 41.3 Å². The molecule has 2 aromatic rings. The second kappa shape index (κ2) is 5.63. The lowest BCUT2D eigenvalue weighted by molar-refractivity contribution is 0.0950. The van der Waals surface area contributed by atoms with E-state index in [1.165, 1.54) is 5.56 Å². The van der Waals surface area contributed by atoms with Gasteiger partial charge in [-0.25, -0.2) is 4.98 Å². The van der Waals surface area contributed by atoms with Crippen molar-refractivity contribution in [1.82, 2.24) is 10.3 Å². The fourth-order valence-corrected chi connectivity index (χ4v) is 2.99. The summed E-state index contributed by atoms with van der Waals surface area (Å²) in [6, 6.07) is 5.86. The van der Waals surface area contributed by atoms with Crippen molar-refractivity contribution >= 4 is 22.9 Å². The average molecular weight is 287 g/mol. The molecule has 0 aliphatic carbocycles. The number of hydrogen-bond acceptors (Lipinski definition) is 4. The van der Waals surface area contributed by atoms with Gasteiger partial charge in [0.15, 0.2) is 0 Å². The van der Waals surface area contributed by atoms with Crippen LogP contribution in [0.1, 0.15) is 33.0 Å². The van der Waals surface area contributed by atoms with Gasteiger partial charge in [-0.05, 0) is 43.5 Å². The van der Waals surface area contributed by atoms with Crippen molar-refractivity contribution < 1.29 is 4.79 Å². The van der Waals surface area contributed by atoms with Crippen LogP contribution in [0.2, 0.25) is 0 Å². The molecule has 20 heavy (non-hydrogen) atoms. The summed E-state index contributed by atoms with van der Waals surface area (Å²) in [5, 5.41) is 9.27. The molecule has 0 bridgehead atoms. The molecule has 1 amide bonds. The lowest BCUT2D eigenvalue weighted by Gasteiger charge is -2.18. The van der Waals surface area contributed by atoms with Crippen molar-refractivity contribution in [3.05, 3.63) is 45.4 Å². The van der Waals surface area contributed by atoms with Gasteiger partial charge in [-0.1, -0.05) is 0 Å². The van der Waals surface area contributed by atoms with Crippen LogP contribution in [0.4, 0.5) is 5.69 Å². The maximum Gasteiger partial charge on any atom is 0.251 e. The Labute approximate surface area is 122 Å². The molecule has 0 fully saturated rings. The Bertz CT molecular complexity index is 636. The van der Waals surface area contributed by atoms with Crippen molar-refractivity contribution in [3.8, 4) is 0 Å². The first-order valence-corrected chi connectivity index (χ1v) is 7.66. The average Bonchev–Trinajstić information content (AvgIpc) is 2.90. The van der Waals surface area contributed by atoms with E-state index in [1.807, 2.05) is 30.5 Å². The zero-order valence-corrected chi connectivity index (χ0v) is 12.2. The molecule has 4 nitrogen and oxygen atoms in total. The van der Waals surface area contributed by atoms with Crippen LogP contribution in [0.15, 0.2) is 23.6 Å². The first-order chi connectivity index (χ1) is 9.72. The van der Waals surface area contributed by atoms with Crippen LogP contribution < -0.4 is 10.6 Å². The van der Waals surface area contributed by atoms with Crippen LogP contribution in [0.3, 0.4) is 0 Å². The number of rotatable bonds is 3. The molecule has 1 aliphatic heterocycles. The number of anilines is 1. The monoisotopic (exact) mass is 287 g/mol. The number of aryl methyl sites for hydroxylation is 2. The van der Waals surface area contributed by atoms with E-state index < -0.39 is 0 Å². The molecular formula is C15H17N3OS. The Morgan fingerprint density at radius 2 is 2.40 bits per heavy atom. The highest BCUT2D eigenvalue weighted by molar-refractivity contribution is 7.09. The highest BCUT2D eigenvalue weighted by Gasteiger charge is 2.12. The predicted octanol–water partition coefficient (Wildman–Crippen LogP) is 2.74. The standard InChI is InChI=1S/C15H17N3OS/c1-10-18-13(9-20-10)8-17-15(19)12-4-5-14-11(7-12)3-2-6-16-14/h4-5,7,9,16H,2-3,6,8H2,1H3,(H,17,19). The topological polar surface area (TPSA) is 54.0 Å². The van der Waals surface area contributed by atoms with E-state index in [-0.39, 0.29) is 5.91 Å². The number of nitrogens with one attached hydrogen (secondary N) is 2. The van der Waals surface area contributed by atoms with Crippen molar-refractivity contribution in [2.75, 3.05) is 11.9 Å². The number of aromatic nitrogens is 1. The highest BCUT2D eigenvalue weighted by Crippen LogP contribution is 2.22. The van der Waals surface area contributed by atoms with Gasteiger partial charge in [0.25, 0.3) is 5.91 Å². The first-order valence-electron chi connectivity index (χ1n) is 6.78. The normalized spacial score (nSPS) is 13.4. The number of fused-ring (bicyclic) bond motifs is 1. The molecule has 104 valence electrons. The molecule has 0 saturated carbocycles. The molecule has 0 radical (unpaired) electrons. The van der Waals surface area contributed by atoms with E-state index in [4.69, 9.17) is 0 Å². The van der Waals surface area contributed by atoms with E-state index in [0.29, 0.717) is 6.54 Å². The molecule has 0 saturated heterocycles. The molecule has 2 N–H and O–H groups in total. The zero-order valence-electron chi connectivity index (χ0n) is 11.4. The molecule has 3 rings (SSSR count). The Morgan fingerprint density at radius 3 is 3.20 bits per heavy atom. The molecule has 1 aromatic heterocycles. The van der Waals surface area contributed by atoms with Crippen molar-refractivity contribution in [1.29, 1.82) is 0 Å². The number of nitrogens with zero attached hydrogens (tertiary/aromatic N) is 1. The van der Waals surface area contributed by atoms with Crippen LogP contribution in [0.5, 0.6) is 0 Å². The minimum Gasteiger partial charge on any atom is -0.385 e. The third kappa shape index (κ3) is 2.82. The summed E-state index contributed by atoms with van der Waals surface area (Å²) in [7, 11) is 0. The molecule has 2 heterocycles. The molecule has 0 atom stereocenters. The number of carbonyl (C=O) groups excluding carboxylic acids is 1. The predicted molar refractivity (Wildman–Crippen MR) is 81.3 cm³/mol. The fraction of sp³-hybridized carbons (Fsp3) is 0.333. The Morgan fingerprint density at radius 1 is 1.50 bits per heavy atom. The minimum absolute atomic E-state index is 0.0379. The third-order valence-corrected chi connectivity index (χ3v) is 4.22. The van der Waals surface area contributed by atoms with E-state index in [1.54, 1.807) is 11.3 Å². The number of thiazole rings is 1. The van der Waals surface area contributed by atoms with Crippen molar-refractivity contribution in [2.45, 2.75) is 26.3 Å². The highest BCUT2D eigenvalue weighted by atomic mass is 32.1. The summed E-state index contributed by atoms with van der Waals surface area (Å²) in [5.74, 6) is -0.0379. The quantitative estimate of drug-likeness (QED) is 0.912. The van der Waals surface area contributed by atoms with Crippen LogP contribution >= 0.6 is 11.3 Å². The van der Waals surface area contributed by atoms with E-state index in [9.17, 15) is 4.79 Å². The van der Waals surface area contributed by atoms with Gasteiger partial charge in [-0.2, -0.15) is 0 Å². The largest absolute Gasteiger partial charge is 0.385 e. The number of benzene rings is 1.